The molecule has 0 radical (unpaired) electrons. The van der Waals surface area contributed by atoms with Crippen molar-refractivity contribution in [2.24, 2.45) is 0 Å². The number of rotatable bonds is 2. The Labute approximate surface area is 115 Å². The van der Waals surface area contributed by atoms with Crippen LogP contribution in [0.5, 0.6) is 0 Å². The number of halogens is 2. The Hall–Kier alpha value is -1.14. The minimum Gasteiger partial charge on any atom is -0.360 e. The lowest BCUT2D eigenvalue weighted by atomic mass is 10.2. The van der Waals surface area contributed by atoms with Crippen LogP contribution >= 0.6 is 31.9 Å². The van der Waals surface area contributed by atoms with Crippen LogP contribution in [0.2, 0.25) is 0 Å². The highest BCUT2D eigenvalue weighted by Crippen LogP contribution is 2.22. The zero-order valence-corrected chi connectivity index (χ0v) is 12.0. The predicted octanol–water partition coefficient (Wildman–Crippen LogP) is 3.76. The van der Waals surface area contributed by atoms with Gasteiger partial charge in [-0.3, -0.25) is 4.79 Å². The minimum atomic E-state index is -0.238. The first-order chi connectivity index (χ1) is 8.06. The number of carbonyl (C=O) groups excluding carboxylic acids is 1. The molecule has 0 saturated heterocycles. The maximum Gasteiger partial charge on any atom is 0.258 e. The summed E-state index contributed by atoms with van der Waals surface area (Å²) in [5.74, 6) is 0.815. The van der Waals surface area contributed by atoms with E-state index in [4.69, 9.17) is 4.52 Å². The fourth-order valence-corrected chi connectivity index (χ4v) is 2.51. The van der Waals surface area contributed by atoms with Crippen molar-refractivity contribution >= 4 is 43.6 Å². The molecule has 1 N–H and O–H groups in total. The van der Waals surface area contributed by atoms with E-state index in [1.54, 1.807) is 25.1 Å². The lowest BCUT2D eigenvalue weighted by molar-refractivity contribution is 0.102. The maximum absolute atomic E-state index is 11.9. The summed E-state index contributed by atoms with van der Waals surface area (Å²) in [5, 5.41) is 6.35. The molecular weight excluding hydrogens is 352 g/mol. The largest absolute Gasteiger partial charge is 0.360 e. The van der Waals surface area contributed by atoms with Crippen molar-refractivity contribution in [3.05, 3.63) is 44.5 Å². The predicted molar refractivity (Wildman–Crippen MR) is 71.0 cm³/mol. The van der Waals surface area contributed by atoms with Gasteiger partial charge in [0.15, 0.2) is 5.82 Å². The first kappa shape index (κ1) is 12.3. The normalized spacial score (nSPS) is 10.3. The maximum atomic E-state index is 11.9. The molecule has 0 atom stereocenters. The smallest absolute Gasteiger partial charge is 0.258 e. The molecular formula is C11H8Br2N2O2. The summed E-state index contributed by atoms with van der Waals surface area (Å²) in [7, 11) is 0. The quantitative estimate of drug-likeness (QED) is 0.888. The molecule has 1 aromatic heterocycles. The van der Waals surface area contributed by atoms with Crippen molar-refractivity contribution in [3.8, 4) is 0 Å². The number of hydrogen-bond donors (Lipinski definition) is 1. The number of aryl methyl sites for hydroxylation is 1. The second kappa shape index (κ2) is 5.01. The van der Waals surface area contributed by atoms with Crippen LogP contribution < -0.4 is 5.32 Å². The molecule has 0 aliphatic heterocycles. The SMILES string of the molecule is Cc1cc(NC(=O)c2ccc(Br)cc2Br)no1. The van der Waals surface area contributed by atoms with Gasteiger partial charge in [-0.25, -0.2) is 0 Å². The van der Waals surface area contributed by atoms with E-state index in [0.717, 1.165) is 4.47 Å². The van der Waals surface area contributed by atoms with Gasteiger partial charge in [0.05, 0.1) is 5.56 Å². The molecule has 88 valence electrons. The minimum absolute atomic E-state index is 0.238. The Morgan fingerprint density at radius 3 is 2.71 bits per heavy atom. The Balaban J connectivity index is 2.20. The monoisotopic (exact) mass is 358 g/mol. The number of nitrogens with one attached hydrogen (secondary N) is 1. The second-order valence-electron chi connectivity index (χ2n) is 3.40. The van der Waals surface area contributed by atoms with E-state index < -0.39 is 0 Å². The van der Waals surface area contributed by atoms with Gasteiger partial charge in [-0.15, -0.1) is 0 Å². The molecule has 2 rings (SSSR count). The van der Waals surface area contributed by atoms with Gasteiger partial charge in [0.2, 0.25) is 0 Å². The third-order valence-electron chi connectivity index (χ3n) is 2.05. The van der Waals surface area contributed by atoms with Gasteiger partial charge in [-0.1, -0.05) is 21.1 Å². The van der Waals surface area contributed by atoms with Crippen molar-refractivity contribution in [2.45, 2.75) is 6.92 Å². The van der Waals surface area contributed by atoms with Gasteiger partial charge in [-0.05, 0) is 41.1 Å². The number of carbonyl (C=O) groups is 1. The zero-order valence-electron chi connectivity index (χ0n) is 8.83. The standard InChI is InChI=1S/C11H8Br2N2O2/c1-6-4-10(15-17-6)14-11(16)8-3-2-7(12)5-9(8)13/h2-5H,1H3,(H,14,15,16). The van der Waals surface area contributed by atoms with Crippen molar-refractivity contribution in [1.29, 1.82) is 0 Å². The second-order valence-corrected chi connectivity index (χ2v) is 5.17. The number of benzene rings is 1. The van der Waals surface area contributed by atoms with Gasteiger partial charge >= 0.3 is 0 Å². The van der Waals surface area contributed by atoms with Gasteiger partial charge in [0.1, 0.15) is 5.76 Å². The molecule has 1 aromatic carbocycles. The molecule has 0 fully saturated rings. The van der Waals surface area contributed by atoms with Crippen LogP contribution in [0.3, 0.4) is 0 Å². The Kier molecular flexibility index (Phi) is 3.63. The van der Waals surface area contributed by atoms with E-state index >= 15 is 0 Å². The number of nitrogens with zero attached hydrogens (tertiary/aromatic N) is 1. The first-order valence-corrected chi connectivity index (χ1v) is 6.34. The molecule has 0 aliphatic carbocycles. The summed E-state index contributed by atoms with van der Waals surface area (Å²) in [6.07, 6.45) is 0. The third kappa shape index (κ3) is 2.95. The molecule has 1 heterocycles. The highest BCUT2D eigenvalue weighted by Gasteiger charge is 2.12. The van der Waals surface area contributed by atoms with Crippen LogP contribution in [-0.4, -0.2) is 11.1 Å². The molecule has 1 amide bonds. The van der Waals surface area contributed by atoms with Gasteiger partial charge < -0.3 is 9.84 Å². The number of anilines is 1. The lowest BCUT2D eigenvalue weighted by Gasteiger charge is -2.04. The third-order valence-corrected chi connectivity index (χ3v) is 3.19. The summed E-state index contributed by atoms with van der Waals surface area (Å²) in [4.78, 5) is 11.9. The van der Waals surface area contributed by atoms with Crippen LogP contribution in [0.4, 0.5) is 5.82 Å². The number of hydrogen-bond acceptors (Lipinski definition) is 3. The summed E-state index contributed by atoms with van der Waals surface area (Å²) in [6, 6.07) is 6.98. The van der Waals surface area contributed by atoms with E-state index in [2.05, 4.69) is 42.3 Å². The first-order valence-electron chi connectivity index (χ1n) is 4.76. The van der Waals surface area contributed by atoms with E-state index in [1.165, 1.54) is 0 Å². The molecule has 4 nitrogen and oxygen atoms in total. The topological polar surface area (TPSA) is 55.1 Å². The molecule has 6 heteroatoms. The van der Waals surface area contributed by atoms with Crippen LogP contribution in [0, 0.1) is 6.92 Å². The fraction of sp³-hybridized carbons (Fsp3) is 0.0909. The van der Waals surface area contributed by atoms with E-state index in [-0.39, 0.29) is 5.91 Å². The molecule has 0 bridgehead atoms. The molecule has 0 unspecified atom stereocenters. The Morgan fingerprint density at radius 1 is 1.35 bits per heavy atom. The average molecular weight is 360 g/mol. The van der Waals surface area contributed by atoms with Crippen LogP contribution in [-0.2, 0) is 0 Å². The van der Waals surface area contributed by atoms with Crippen molar-refractivity contribution in [3.63, 3.8) is 0 Å². The van der Waals surface area contributed by atoms with Crippen LogP contribution in [0.15, 0.2) is 37.7 Å². The lowest BCUT2D eigenvalue weighted by Crippen LogP contribution is -2.12. The van der Waals surface area contributed by atoms with E-state index in [9.17, 15) is 4.79 Å². The summed E-state index contributed by atoms with van der Waals surface area (Å²) >= 11 is 6.66. The Morgan fingerprint density at radius 2 is 2.12 bits per heavy atom. The molecule has 0 saturated carbocycles. The van der Waals surface area contributed by atoms with Crippen LogP contribution in [0.1, 0.15) is 16.1 Å². The fourth-order valence-electron chi connectivity index (χ4n) is 1.28. The van der Waals surface area contributed by atoms with E-state index in [1.807, 2.05) is 6.07 Å². The van der Waals surface area contributed by atoms with Gasteiger partial charge in [0, 0.05) is 15.0 Å². The highest BCUT2D eigenvalue weighted by molar-refractivity contribution is 9.11. The summed E-state index contributed by atoms with van der Waals surface area (Å²) in [6.45, 7) is 1.76. The number of aromatic nitrogens is 1. The average Bonchev–Trinajstić information content (AvgIpc) is 2.63. The highest BCUT2D eigenvalue weighted by atomic mass is 79.9. The number of amides is 1. The molecule has 0 spiro atoms. The van der Waals surface area contributed by atoms with Crippen molar-refractivity contribution in [1.82, 2.24) is 5.16 Å². The van der Waals surface area contributed by atoms with E-state index in [0.29, 0.717) is 21.6 Å². The zero-order chi connectivity index (χ0) is 12.4. The van der Waals surface area contributed by atoms with Gasteiger partial charge in [0.25, 0.3) is 5.91 Å². The molecule has 2 aromatic rings. The molecule has 17 heavy (non-hydrogen) atoms. The summed E-state index contributed by atoms with van der Waals surface area (Å²) < 4.78 is 6.48. The van der Waals surface area contributed by atoms with Crippen molar-refractivity contribution in [2.75, 3.05) is 5.32 Å². The van der Waals surface area contributed by atoms with Crippen LogP contribution in [0.25, 0.3) is 0 Å². The van der Waals surface area contributed by atoms with Gasteiger partial charge in [-0.2, -0.15) is 0 Å². The Bertz CT molecular complexity index is 566. The summed E-state index contributed by atoms with van der Waals surface area (Å²) in [5.41, 5.74) is 0.536. The molecule has 0 aliphatic rings. The van der Waals surface area contributed by atoms with Crippen molar-refractivity contribution < 1.29 is 9.32 Å².